The summed E-state index contributed by atoms with van der Waals surface area (Å²) in [6, 6.07) is 0. The smallest absolute Gasteiger partial charge is 0.318 e. The fourth-order valence-corrected chi connectivity index (χ4v) is 3.05. The molecule has 1 atom stereocenters. The lowest BCUT2D eigenvalue weighted by molar-refractivity contribution is -0.137. The highest BCUT2D eigenvalue weighted by molar-refractivity contribution is 7.88. The Labute approximate surface area is 132 Å². The van der Waals surface area contributed by atoms with E-state index < -0.39 is 22.5 Å². The van der Waals surface area contributed by atoms with Gasteiger partial charge < -0.3 is 9.84 Å². The van der Waals surface area contributed by atoms with Crippen molar-refractivity contribution in [3.05, 3.63) is 0 Å². The summed E-state index contributed by atoms with van der Waals surface area (Å²) in [5, 5.41) is 8.79. The molecule has 0 aromatic heterocycles. The second kappa shape index (κ2) is 8.89. The van der Waals surface area contributed by atoms with E-state index in [4.69, 9.17) is 9.84 Å². The molecule has 0 spiro atoms. The summed E-state index contributed by atoms with van der Waals surface area (Å²) in [6.07, 6.45) is 0.738. The first-order valence-electron chi connectivity index (χ1n) is 6.69. The molecule has 0 aromatic carbocycles. The topological polar surface area (TPSA) is 87.2 Å². The number of carbonyl (C=O) groups is 1. The van der Waals surface area contributed by atoms with Gasteiger partial charge in [0.05, 0.1) is 19.0 Å². The molecular weight excluding hydrogens is 320 g/mol. The first-order chi connectivity index (χ1) is 9.18. The predicted molar refractivity (Wildman–Crippen MR) is 82.3 cm³/mol. The number of hydrogen-bond acceptors (Lipinski definition) is 5. The zero-order valence-electron chi connectivity index (χ0n) is 12.7. The molecule has 9 heteroatoms. The van der Waals surface area contributed by atoms with Crippen LogP contribution in [-0.2, 0) is 19.6 Å². The van der Waals surface area contributed by atoms with Crippen molar-refractivity contribution < 1.29 is 23.1 Å². The van der Waals surface area contributed by atoms with Gasteiger partial charge in [-0.25, -0.2) is 8.42 Å². The van der Waals surface area contributed by atoms with Gasteiger partial charge in [-0.3, -0.25) is 9.69 Å². The number of aliphatic carboxylic acids is 1. The standard InChI is InChI=1S/C12H24N2O5S.ClH/c1-10(2)6-13-4-5-19-11(7-13)8-14(9-12(15)16)20(3,17)18;/h10-11H,4-9H2,1-3H3,(H,15,16);1H. The fraction of sp³-hybridized carbons (Fsp3) is 0.917. The van der Waals surface area contributed by atoms with Gasteiger partial charge in [-0.05, 0) is 5.92 Å². The lowest BCUT2D eigenvalue weighted by atomic mass is 10.2. The molecule has 0 aliphatic carbocycles. The summed E-state index contributed by atoms with van der Waals surface area (Å²) in [4.78, 5) is 13.0. The molecule has 1 heterocycles. The summed E-state index contributed by atoms with van der Waals surface area (Å²) in [6.45, 7) is 6.73. The molecule has 1 aliphatic heterocycles. The Bertz CT molecular complexity index is 429. The van der Waals surface area contributed by atoms with Crippen LogP contribution in [0.1, 0.15) is 13.8 Å². The molecule has 0 radical (unpaired) electrons. The number of carboxylic acids is 1. The molecular formula is C12H25ClN2O5S. The minimum absolute atomic E-state index is 0. The van der Waals surface area contributed by atoms with Crippen molar-refractivity contribution in [2.24, 2.45) is 5.92 Å². The van der Waals surface area contributed by atoms with E-state index in [2.05, 4.69) is 18.7 Å². The zero-order chi connectivity index (χ0) is 15.3. The van der Waals surface area contributed by atoms with Gasteiger partial charge in [0, 0.05) is 26.2 Å². The van der Waals surface area contributed by atoms with E-state index >= 15 is 0 Å². The Kier molecular flexibility index (Phi) is 8.72. The van der Waals surface area contributed by atoms with Gasteiger partial charge in [0.15, 0.2) is 0 Å². The van der Waals surface area contributed by atoms with Crippen molar-refractivity contribution in [2.75, 3.05) is 45.6 Å². The average molecular weight is 345 g/mol. The van der Waals surface area contributed by atoms with E-state index in [0.717, 1.165) is 23.7 Å². The molecule has 0 amide bonds. The van der Waals surface area contributed by atoms with Crippen LogP contribution in [0.3, 0.4) is 0 Å². The molecule has 1 fully saturated rings. The van der Waals surface area contributed by atoms with Gasteiger partial charge in [0.25, 0.3) is 0 Å². The molecule has 0 bridgehead atoms. The summed E-state index contributed by atoms with van der Waals surface area (Å²) in [5.41, 5.74) is 0. The maximum Gasteiger partial charge on any atom is 0.318 e. The van der Waals surface area contributed by atoms with Gasteiger partial charge in [0.1, 0.15) is 6.54 Å². The second-order valence-corrected chi connectivity index (χ2v) is 7.58. The number of carboxylic acid groups (broad SMARTS) is 1. The summed E-state index contributed by atoms with van der Waals surface area (Å²) in [7, 11) is -3.55. The average Bonchev–Trinajstić information content (AvgIpc) is 2.25. The van der Waals surface area contributed by atoms with Crippen LogP contribution in [0.15, 0.2) is 0 Å². The van der Waals surface area contributed by atoms with E-state index in [0.29, 0.717) is 19.1 Å². The molecule has 0 aromatic rings. The molecule has 1 aliphatic rings. The number of sulfonamides is 1. The number of ether oxygens (including phenoxy) is 1. The normalized spacial score (nSPS) is 20.5. The third-order valence-electron chi connectivity index (χ3n) is 3.03. The van der Waals surface area contributed by atoms with Crippen LogP contribution in [0.2, 0.25) is 0 Å². The minimum Gasteiger partial charge on any atom is -0.480 e. The highest BCUT2D eigenvalue weighted by atomic mass is 35.5. The maximum atomic E-state index is 11.6. The number of halogens is 1. The van der Waals surface area contributed by atoms with Gasteiger partial charge in [-0.1, -0.05) is 13.8 Å². The van der Waals surface area contributed by atoms with E-state index in [-0.39, 0.29) is 25.1 Å². The second-order valence-electron chi connectivity index (χ2n) is 5.60. The summed E-state index contributed by atoms with van der Waals surface area (Å²) in [5.74, 6) is -0.635. The summed E-state index contributed by atoms with van der Waals surface area (Å²) >= 11 is 0. The van der Waals surface area contributed by atoms with E-state index in [9.17, 15) is 13.2 Å². The quantitative estimate of drug-likeness (QED) is 0.705. The van der Waals surface area contributed by atoms with Crippen molar-refractivity contribution >= 4 is 28.4 Å². The largest absolute Gasteiger partial charge is 0.480 e. The Hall–Kier alpha value is -0.410. The predicted octanol–water partition coefficient (Wildman–Crippen LogP) is 0.111. The van der Waals surface area contributed by atoms with Crippen LogP contribution in [0.25, 0.3) is 0 Å². The van der Waals surface area contributed by atoms with Crippen molar-refractivity contribution in [1.82, 2.24) is 9.21 Å². The lowest BCUT2D eigenvalue weighted by Crippen LogP contribution is -2.50. The highest BCUT2D eigenvalue weighted by Gasteiger charge is 2.28. The molecule has 1 unspecified atom stereocenters. The van der Waals surface area contributed by atoms with E-state index in [1.54, 1.807) is 0 Å². The Morgan fingerprint density at radius 3 is 2.57 bits per heavy atom. The lowest BCUT2D eigenvalue weighted by Gasteiger charge is -2.35. The van der Waals surface area contributed by atoms with Crippen LogP contribution in [0.4, 0.5) is 0 Å². The van der Waals surface area contributed by atoms with Crippen LogP contribution in [-0.4, -0.2) is 80.4 Å². The fourth-order valence-electron chi connectivity index (χ4n) is 2.27. The third-order valence-corrected chi connectivity index (χ3v) is 4.25. The Balaban J connectivity index is 0.00000400. The van der Waals surface area contributed by atoms with E-state index in [1.807, 2.05) is 0 Å². The molecule has 1 N–H and O–H groups in total. The number of hydrogen-bond donors (Lipinski definition) is 1. The van der Waals surface area contributed by atoms with Gasteiger partial charge >= 0.3 is 5.97 Å². The monoisotopic (exact) mass is 344 g/mol. The van der Waals surface area contributed by atoms with Crippen LogP contribution < -0.4 is 0 Å². The molecule has 1 saturated heterocycles. The van der Waals surface area contributed by atoms with Crippen molar-refractivity contribution in [3.8, 4) is 0 Å². The number of rotatable bonds is 7. The van der Waals surface area contributed by atoms with Crippen molar-refractivity contribution in [2.45, 2.75) is 20.0 Å². The first-order valence-corrected chi connectivity index (χ1v) is 8.54. The highest BCUT2D eigenvalue weighted by Crippen LogP contribution is 2.11. The first kappa shape index (κ1) is 20.6. The zero-order valence-corrected chi connectivity index (χ0v) is 14.3. The summed E-state index contributed by atoms with van der Waals surface area (Å²) < 4.78 is 29.7. The van der Waals surface area contributed by atoms with Crippen LogP contribution >= 0.6 is 12.4 Å². The van der Waals surface area contributed by atoms with Gasteiger partial charge in [-0.2, -0.15) is 4.31 Å². The van der Waals surface area contributed by atoms with Crippen molar-refractivity contribution in [1.29, 1.82) is 0 Å². The minimum atomic E-state index is -3.55. The van der Waals surface area contributed by atoms with Gasteiger partial charge in [-0.15, -0.1) is 12.4 Å². The third kappa shape index (κ3) is 7.96. The Morgan fingerprint density at radius 2 is 2.10 bits per heavy atom. The SMILES string of the molecule is CC(C)CN1CCOC(CN(CC(=O)O)S(C)(=O)=O)C1.Cl. The van der Waals surface area contributed by atoms with E-state index in [1.165, 1.54) is 0 Å². The van der Waals surface area contributed by atoms with Crippen LogP contribution in [0, 0.1) is 5.92 Å². The molecule has 1 rings (SSSR count). The van der Waals surface area contributed by atoms with Crippen molar-refractivity contribution in [3.63, 3.8) is 0 Å². The molecule has 7 nitrogen and oxygen atoms in total. The van der Waals surface area contributed by atoms with Gasteiger partial charge in [0.2, 0.25) is 10.0 Å². The van der Waals surface area contributed by atoms with Crippen LogP contribution in [0.5, 0.6) is 0 Å². The Morgan fingerprint density at radius 1 is 1.48 bits per heavy atom. The molecule has 0 saturated carbocycles. The number of nitrogens with zero attached hydrogens (tertiary/aromatic N) is 2. The molecule has 21 heavy (non-hydrogen) atoms. The maximum absolute atomic E-state index is 11.6. The molecule has 126 valence electrons. The number of morpholine rings is 1.